The van der Waals surface area contributed by atoms with Gasteiger partial charge in [0.25, 0.3) is 0 Å². The van der Waals surface area contributed by atoms with E-state index in [9.17, 15) is 0 Å². The predicted molar refractivity (Wildman–Crippen MR) is 161 cm³/mol. The highest BCUT2D eigenvalue weighted by Gasteiger charge is 2.19. The molecular weight excluding hydrogens is 462 g/mol. The lowest BCUT2D eigenvalue weighted by molar-refractivity contribution is 0.604. The summed E-state index contributed by atoms with van der Waals surface area (Å²) in [6.45, 7) is 4.17. The van der Waals surface area contributed by atoms with E-state index in [0.717, 1.165) is 33.3 Å². The lowest BCUT2D eigenvalue weighted by Crippen LogP contribution is -1.96. The molecule has 2 heteroatoms. The summed E-state index contributed by atoms with van der Waals surface area (Å²) in [5.74, 6) is 0.921. The summed E-state index contributed by atoms with van der Waals surface area (Å²) < 4.78 is 8.88. The Morgan fingerprint density at radius 2 is 1.24 bits per heavy atom. The molecule has 5 aromatic carbocycles. The van der Waals surface area contributed by atoms with Crippen molar-refractivity contribution in [2.75, 3.05) is 0 Å². The average Bonchev–Trinajstić information content (AvgIpc) is 3.48. The molecule has 0 unspecified atom stereocenters. The van der Waals surface area contributed by atoms with Crippen molar-refractivity contribution in [3.8, 4) is 27.9 Å². The normalized spacial score (nSPS) is 11.8. The van der Waals surface area contributed by atoms with Gasteiger partial charge in [0.2, 0.25) is 0 Å². The van der Waals surface area contributed by atoms with Gasteiger partial charge in [-0.15, -0.1) is 0 Å². The van der Waals surface area contributed by atoms with Crippen LogP contribution in [0.15, 0.2) is 126 Å². The summed E-state index contributed by atoms with van der Waals surface area (Å²) in [5.41, 5.74) is 10.4. The van der Waals surface area contributed by atoms with Gasteiger partial charge in [-0.25, -0.2) is 0 Å². The van der Waals surface area contributed by atoms with Crippen LogP contribution in [0.3, 0.4) is 0 Å². The van der Waals surface area contributed by atoms with E-state index in [0.29, 0.717) is 0 Å². The summed E-state index contributed by atoms with van der Waals surface area (Å²) in [6.07, 6.45) is 4.08. The van der Waals surface area contributed by atoms with Crippen LogP contribution in [-0.4, -0.2) is 4.57 Å². The third-order valence-corrected chi connectivity index (χ3v) is 7.48. The zero-order valence-corrected chi connectivity index (χ0v) is 21.5. The number of allylic oxidation sites excluding steroid dienone is 1. The molecule has 0 aliphatic carbocycles. The average molecular weight is 490 g/mol. The molecule has 0 spiro atoms. The smallest absolute Gasteiger partial charge is 0.145 e. The molecule has 2 nitrogen and oxygen atoms in total. The van der Waals surface area contributed by atoms with E-state index in [1.807, 2.05) is 13.0 Å². The van der Waals surface area contributed by atoms with E-state index in [-0.39, 0.29) is 0 Å². The lowest BCUT2D eigenvalue weighted by Gasteiger charge is -2.14. The second-order valence-electron chi connectivity index (χ2n) is 9.78. The Morgan fingerprint density at radius 1 is 0.605 bits per heavy atom. The standard InChI is InChI=1S/C36H27NO/c1-3-12-34-24(2)30-19-20-33-35(36(30)38-34)31-17-10-11-18-32(31)37(33)29-22-27(25-13-6-4-7-14-25)21-28(23-29)26-15-8-5-9-16-26/h3-23H,1-2H3/b12-3-. The Balaban J connectivity index is 1.58. The fourth-order valence-corrected chi connectivity index (χ4v) is 5.67. The van der Waals surface area contributed by atoms with Crippen LogP contribution in [0.1, 0.15) is 18.2 Å². The molecule has 0 bridgehead atoms. The number of fused-ring (bicyclic) bond motifs is 5. The van der Waals surface area contributed by atoms with E-state index in [1.165, 1.54) is 38.7 Å². The number of nitrogens with zero attached hydrogens (tertiary/aromatic N) is 1. The first-order valence-electron chi connectivity index (χ1n) is 13.1. The second-order valence-corrected chi connectivity index (χ2v) is 9.78. The van der Waals surface area contributed by atoms with Crippen LogP contribution in [0.25, 0.3) is 66.8 Å². The first-order valence-corrected chi connectivity index (χ1v) is 13.1. The molecule has 0 fully saturated rings. The molecule has 0 amide bonds. The summed E-state index contributed by atoms with van der Waals surface area (Å²) in [6, 6.07) is 41.2. The number of rotatable bonds is 4. The zero-order chi connectivity index (χ0) is 25.6. The number of furan rings is 1. The quantitative estimate of drug-likeness (QED) is 0.240. The Morgan fingerprint density at radius 3 is 1.89 bits per heavy atom. The number of hydrogen-bond donors (Lipinski definition) is 0. The van der Waals surface area contributed by atoms with Gasteiger partial charge < -0.3 is 8.98 Å². The third kappa shape index (κ3) is 3.49. The van der Waals surface area contributed by atoms with E-state index < -0.39 is 0 Å². The van der Waals surface area contributed by atoms with Crippen molar-refractivity contribution in [1.29, 1.82) is 0 Å². The van der Waals surface area contributed by atoms with Gasteiger partial charge in [0.15, 0.2) is 0 Å². The number of hydrogen-bond acceptors (Lipinski definition) is 1. The molecule has 0 atom stereocenters. The minimum atomic E-state index is 0.921. The van der Waals surface area contributed by atoms with Gasteiger partial charge in [-0.2, -0.15) is 0 Å². The van der Waals surface area contributed by atoms with Crippen molar-refractivity contribution in [2.24, 2.45) is 0 Å². The highest BCUT2D eigenvalue weighted by atomic mass is 16.3. The van der Waals surface area contributed by atoms with Gasteiger partial charge in [0.1, 0.15) is 11.3 Å². The molecule has 0 radical (unpaired) electrons. The fraction of sp³-hybridized carbons (Fsp3) is 0.0556. The van der Waals surface area contributed by atoms with Crippen molar-refractivity contribution in [2.45, 2.75) is 13.8 Å². The minimum Gasteiger partial charge on any atom is -0.456 e. The number of aromatic nitrogens is 1. The largest absolute Gasteiger partial charge is 0.456 e. The van der Waals surface area contributed by atoms with E-state index in [4.69, 9.17) is 4.42 Å². The van der Waals surface area contributed by atoms with E-state index in [2.05, 4.69) is 133 Å². The summed E-state index contributed by atoms with van der Waals surface area (Å²) in [4.78, 5) is 0. The van der Waals surface area contributed by atoms with Crippen LogP contribution in [0.5, 0.6) is 0 Å². The molecule has 0 N–H and O–H groups in total. The Kier molecular flexibility index (Phi) is 5.26. The van der Waals surface area contributed by atoms with Gasteiger partial charge in [-0.05, 0) is 78.6 Å². The van der Waals surface area contributed by atoms with E-state index in [1.54, 1.807) is 0 Å². The highest BCUT2D eigenvalue weighted by molar-refractivity contribution is 6.20. The molecule has 0 aliphatic rings. The fourth-order valence-electron chi connectivity index (χ4n) is 5.67. The number of para-hydroxylation sites is 1. The van der Waals surface area contributed by atoms with Gasteiger partial charge in [0.05, 0.1) is 16.4 Å². The molecule has 0 aliphatic heterocycles. The molecule has 7 aromatic rings. The van der Waals surface area contributed by atoms with Crippen LogP contribution in [0.2, 0.25) is 0 Å². The van der Waals surface area contributed by atoms with Crippen molar-refractivity contribution in [3.05, 3.63) is 133 Å². The Bertz CT molecular complexity index is 1910. The maximum absolute atomic E-state index is 6.50. The first kappa shape index (κ1) is 22.4. The molecular formula is C36H27NO. The molecule has 38 heavy (non-hydrogen) atoms. The molecule has 7 rings (SSSR count). The van der Waals surface area contributed by atoms with Crippen molar-refractivity contribution in [3.63, 3.8) is 0 Å². The molecule has 2 aromatic heterocycles. The summed E-state index contributed by atoms with van der Waals surface area (Å²) in [7, 11) is 0. The second kappa shape index (κ2) is 8.93. The molecule has 182 valence electrons. The van der Waals surface area contributed by atoms with Crippen LogP contribution in [0, 0.1) is 6.92 Å². The molecule has 0 saturated carbocycles. The van der Waals surface area contributed by atoms with Crippen LogP contribution >= 0.6 is 0 Å². The zero-order valence-electron chi connectivity index (χ0n) is 21.5. The lowest BCUT2D eigenvalue weighted by atomic mass is 9.98. The predicted octanol–water partition coefficient (Wildman–Crippen LogP) is 10.2. The van der Waals surface area contributed by atoms with Crippen LogP contribution in [0.4, 0.5) is 0 Å². The highest BCUT2D eigenvalue weighted by Crippen LogP contribution is 2.41. The SMILES string of the molecule is C/C=C\c1oc2c(ccc3c2c2ccccc2n3-c2cc(-c3ccccc3)cc(-c3ccccc3)c2)c1C. The van der Waals surface area contributed by atoms with Crippen molar-refractivity contribution < 1.29 is 4.42 Å². The van der Waals surface area contributed by atoms with Crippen molar-refractivity contribution in [1.82, 2.24) is 4.57 Å². The summed E-state index contributed by atoms with van der Waals surface area (Å²) in [5, 5.41) is 3.51. The van der Waals surface area contributed by atoms with Crippen LogP contribution < -0.4 is 0 Å². The topological polar surface area (TPSA) is 18.1 Å². The first-order chi connectivity index (χ1) is 18.7. The monoisotopic (exact) mass is 489 g/mol. The number of aryl methyl sites for hydroxylation is 1. The summed E-state index contributed by atoms with van der Waals surface area (Å²) >= 11 is 0. The Hall–Kier alpha value is -4.82. The number of benzene rings is 5. The maximum Gasteiger partial charge on any atom is 0.145 e. The van der Waals surface area contributed by atoms with Gasteiger partial charge in [-0.3, -0.25) is 0 Å². The maximum atomic E-state index is 6.50. The van der Waals surface area contributed by atoms with Gasteiger partial charge >= 0.3 is 0 Å². The molecule has 2 heterocycles. The van der Waals surface area contributed by atoms with Crippen LogP contribution in [-0.2, 0) is 0 Å². The third-order valence-electron chi connectivity index (χ3n) is 7.48. The van der Waals surface area contributed by atoms with Gasteiger partial charge in [0, 0.05) is 22.0 Å². The van der Waals surface area contributed by atoms with Gasteiger partial charge in [-0.1, -0.05) is 84.9 Å². The molecule has 0 saturated heterocycles. The van der Waals surface area contributed by atoms with E-state index >= 15 is 0 Å². The Labute approximate surface area is 222 Å². The van der Waals surface area contributed by atoms with Crippen molar-refractivity contribution >= 4 is 38.9 Å². The minimum absolute atomic E-state index is 0.921.